The van der Waals surface area contributed by atoms with E-state index in [0.29, 0.717) is 6.54 Å². The molecule has 1 N–H and O–H groups in total. The van der Waals surface area contributed by atoms with E-state index in [1.807, 2.05) is 0 Å². The first-order chi connectivity index (χ1) is 11.2. The highest BCUT2D eigenvalue weighted by Gasteiger charge is 2.18. The van der Waals surface area contributed by atoms with E-state index in [2.05, 4.69) is 39.7 Å². The Morgan fingerprint density at radius 2 is 2.17 bits per heavy atom. The van der Waals surface area contributed by atoms with E-state index in [1.165, 1.54) is 5.69 Å². The van der Waals surface area contributed by atoms with E-state index in [1.54, 1.807) is 7.11 Å². The van der Waals surface area contributed by atoms with Crippen LogP contribution < -0.4 is 0 Å². The lowest BCUT2D eigenvalue weighted by atomic mass is 10.2. The fraction of sp³-hybridized carbons (Fsp3) is 0.765. The molecule has 1 atom stereocenters. The SMILES string of the molecule is COCCCN(Cc1cccn1C)C[C@H](O)CN1CCOCC1. The van der Waals surface area contributed by atoms with Gasteiger partial charge in [0.15, 0.2) is 0 Å². The molecule has 1 saturated heterocycles. The standard InChI is InChI=1S/C17H31N3O3/c1-18-6-3-5-16(18)13-20(7-4-10-22-2)15-17(21)14-19-8-11-23-12-9-19/h3,5-6,17,21H,4,7-15H2,1-2H3/t17-/m1/s1. The number of β-amino-alcohol motifs (C(OH)–C–C–N with tert-alkyl or cyclic N) is 1. The van der Waals surface area contributed by atoms with Gasteiger partial charge < -0.3 is 19.1 Å². The zero-order valence-corrected chi connectivity index (χ0v) is 14.5. The lowest BCUT2D eigenvalue weighted by molar-refractivity contribution is 0.00554. The van der Waals surface area contributed by atoms with Crippen LogP contribution in [0.15, 0.2) is 18.3 Å². The van der Waals surface area contributed by atoms with E-state index < -0.39 is 0 Å². The number of hydrogen-bond acceptors (Lipinski definition) is 5. The lowest BCUT2D eigenvalue weighted by Crippen LogP contribution is -2.44. The quantitative estimate of drug-likeness (QED) is 0.637. The van der Waals surface area contributed by atoms with Crippen molar-refractivity contribution in [2.45, 2.75) is 19.1 Å². The van der Waals surface area contributed by atoms with Gasteiger partial charge in [-0.1, -0.05) is 0 Å². The molecule has 0 saturated carbocycles. The number of hydrogen-bond donors (Lipinski definition) is 1. The van der Waals surface area contributed by atoms with E-state index in [9.17, 15) is 5.11 Å². The fourth-order valence-corrected chi connectivity index (χ4v) is 2.99. The van der Waals surface area contributed by atoms with Gasteiger partial charge >= 0.3 is 0 Å². The molecule has 23 heavy (non-hydrogen) atoms. The molecule has 1 aliphatic heterocycles. The Hall–Kier alpha value is -0.920. The van der Waals surface area contributed by atoms with Crippen molar-refractivity contribution >= 4 is 0 Å². The molecule has 6 nitrogen and oxygen atoms in total. The van der Waals surface area contributed by atoms with Crippen LogP contribution >= 0.6 is 0 Å². The predicted octanol–water partition coefficient (Wildman–Crippen LogP) is 0.557. The Bertz CT molecular complexity index is 432. The Morgan fingerprint density at radius 1 is 1.39 bits per heavy atom. The van der Waals surface area contributed by atoms with Crippen molar-refractivity contribution in [1.29, 1.82) is 0 Å². The second-order valence-electron chi connectivity index (χ2n) is 6.26. The molecule has 1 aliphatic rings. The molecule has 1 aromatic rings. The average molecular weight is 325 g/mol. The summed E-state index contributed by atoms with van der Waals surface area (Å²) >= 11 is 0. The number of nitrogens with zero attached hydrogens (tertiary/aromatic N) is 3. The number of aliphatic hydroxyl groups is 1. The van der Waals surface area contributed by atoms with Crippen LogP contribution in [-0.4, -0.2) is 85.2 Å². The molecule has 0 radical (unpaired) electrons. The summed E-state index contributed by atoms with van der Waals surface area (Å²) in [5.41, 5.74) is 1.26. The summed E-state index contributed by atoms with van der Waals surface area (Å²) in [6, 6.07) is 4.20. The van der Waals surface area contributed by atoms with Crippen LogP contribution in [0.5, 0.6) is 0 Å². The molecule has 1 aromatic heterocycles. The molecule has 0 spiro atoms. The van der Waals surface area contributed by atoms with Crippen LogP contribution in [0.1, 0.15) is 12.1 Å². The van der Waals surface area contributed by atoms with Crippen LogP contribution in [0.2, 0.25) is 0 Å². The molecule has 2 rings (SSSR count). The van der Waals surface area contributed by atoms with Crippen LogP contribution in [0, 0.1) is 0 Å². The maximum absolute atomic E-state index is 10.5. The molecule has 2 heterocycles. The molecule has 0 aliphatic carbocycles. The summed E-state index contributed by atoms with van der Waals surface area (Å²) in [4.78, 5) is 4.60. The number of aryl methyl sites for hydroxylation is 1. The Morgan fingerprint density at radius 3 is 2.83 bits per heavy atom. The molecule has 0 bridgehead atoms. The smallest absolute Gasteiger partial charge is 0.0793 e. The monoisotopic (exact) mass is 325 g/mol. The van der Waals surface area contributed by atoms with Crippen molar-refractivity contribution in [2.24, 2.45) is 7.05 Å². The van der Waals surface area contributed by atoms with Gasteiger partial charge in [0.05, 0.1) is 19.3 Å². The van der Waals surface area contributed by atoms with Crippen molar-refractivity contribution in [1.82, 2.24) is 14.4 Å². The Kier molecular flexibility index (Phi) is 8.05. The van der Waals surface area contributed by atoms with Gasteiger partial charge in [-0.25, -0.2) is 0 Å². The molecule has 0 unspecified atom stereocenters. The minimum atomic E-state index is -0.337. The van der Waals surface area contributed by atoms with E-state index in [4.69, 9.17) is 9.47 Å². The largest absolute Gasteiger partial charge is 0.390 e. The number of ether oxygens (including phenoxy) is 2. The number of morpholine rings is 1. The number of aliphatic hydroxyl groups excluding tert-OH is 1. The van der Waals surface area contributed by atoms with Crippen molar-refractivity contribution in [3.05, 3.63) is 24.0 Å². The Balaban J connectivity index is 1.83. The Labute approximate surface area is 139 Å². The highest BCUT2D eigenvalue weighted by molar-refractivity contribution is 5.06. The predicted molar refractivity (Wildman–Crippen MR) is 90.4 cm³/mol. The minimum Gasteiger partial charge on any atom is -0.390 e. The molecular weight excluding hydrogens is 294 g/mol. The third kappa shape index (κ3) is 6.61. The maximum atomic E-state index is 10.5. The number of methoxy groups -OCH3 is 1. The summed E-state index contributed by atoms with van der Waals surface area (Å²) in [5.74, 6) is 0. The highest BCUT2D eigenvalue weighted by Crippen LogP contribution is 2.08. The van der Waals surface area contributed by atoms with Crippen molar-refractivity contribution in [2.75, 3.05) is 59.7 Å². The maximum Gasteiger partial charge on any atom is 0.0793 e. The second kappa shape index (κ2) is 10.1. The van der Waals surface area contributed by atoms with Gasteiger partial charge in [-0.05, 0) is 18.6 Å². The van der Waals surface area contributed by atoms with Gasteiger partial charge in [-0.15, -0.1) is 0 Å². The van der Waals surface area contributed by atoms with Gasteiger partial charge in [0.25, 0.3) is 0 Å². The molecular formula is C17H31N3O3. The third-order valence-electron chi connectivity index (χ3n) is 4.30. The first-order valence-corrected chi connectivity index (χ1v) is 8.48. The summed E-state index contributed by atoms with van der Waals surface area (Å²) in [5, 5.41) is 10.5. The normalized spacial score (nSPS) is 17.7. The van der Waals surface area contributed by atoms with Crippen LogP contribution in [0.3, 0.4) is 0 Å². The van der Waals surface area contributed by atoms with Crippen LogP contribution in [-0.2, 0) is 23.1 Å². The number of rotatable bonds is 10. The van der Waals surface area contributed by atoms with Crippen LogP contribution in [0.4, 0.5) is 0 Å². The number of aromatic nitrogens is 1. The summed E-state index contributed by atoms with van der Waals surface area (Å²) in [7, 11) is 3.79. The van der Waals surface area contributed by atoms with Gasteiger partial charge in [-0.2, -0.15) is 0 Å². The molecule has 6 heteroatoms. The summed E-state index contributed by atoms with van der Waals surface area (Å²) in [6.45, 7) is 7.32. The molecule has 1 fully saturated rings. The highest BCUT2D eigenvalue weighted by atomic mass is 16.5. The minimum absolute atomic E-state index is 0.337. The van der Waals surface area contributed by atoms with Gasteiger partial charge in [0.1, 0.15) is 0 Å². The van der Waals surface area contributed by atoms with E-state index >= 15 is 0 Å². The fourth-order valence-electron chi connectivity index (χ4n) is 2.99. The van der Waals surface area contributed by atoms with Crippen molar-refractivity contribution in [3.8, 4) is 0 Å². The molecule has 0 aromatic carbocycles. The van der Waals surface area contributed by atoms with E-state index in [-0.39, 0.29) is 6.10 Å². The zero-order chi connectivity index (χ0) is 16.5. The second-order valence-corrected chi connectivity index (χ2v) is 6.26. The summed E-state index contributed by atoms with van der Waals surface area (Å²) < 4.78 is 12.7. The van der Waals surface area contributed by atoms with Gasteiger partial charge in [0.2, 0.25) is 0 Å². The first kappa shape index (κ1) is 18.4. The molecule has 132 valence electrons. The zero-order valence-electron chi connectivity index (χ0n) is 14.5. The van der Waals surface area contributed by atoms with Gasteiger partial charge in [-0.3, -0.25) is 9.80 Å². The third-order valence-corrected chi connectivity index (χ3v) is 4.30. The summed E-state index contributed by atoms with van der Waals surface area (Å²) in [6.07, 6.45) is 2.70. The lowest BCUT2D eigenvalue weighted by Gasteiger charge is -2.31. The topological polar surface area (TPSA) is 50.1 Å². The van der Waals surface area contributed by atoms with Crippen molar-refractivity contribution < 1.29 is 14.6 Å². The molecule has 0 amide bonds. The van der Waals surface area contributed by atoms with E-state index in [0.717, 1.165) is 59.0 Å². The van der Waals surface area contributed by atoms with Crippen molar-refractivity contribution in [3.63, 3.8) is 0 Å². The average Bonchev–Trinajstić information content (AvgIpc) is 2.93. The van der Waals surface area contributed by atoms with Gasteiger partial charge in [0, 0.05) is 71.9 Å². The first-order valence-electron chi connectivity index (χ1n) is 8.48. The van der Waals surface area contributed by atoms with Crippen LogP contribution in [0.25, 0.3) is 0 Å².